The van der Waals surface area contributed by atoms with E-state index in [9.17, 15) is 0 Å². The molecule has 1 aromatic heterocycles. The number of benzene rings is 1. The molecular formula is C16H15N5. The molecule has 5 heteroatoms. The zero-order valence-corrected chi connectivity index (χ0v) is 11.7. The fourth-order valence-corrected chi connectivity index (χ4v) is 3.03. The van der Waals surface area contributed by atoms with Gasteiger partial charge >= 0.3 is 0 Å². The van der Waals surface area contributed by atoms with E-state index in [4.69, 9.17) is 5.26 Å². The minimum absolute atomic E-state index is 0.603. The normalized spacial score (nSPS) is 16.3. The number of hydrogen-bond donors (Lipinski definition) is 0. The quantitative estimate of drug-likeness (QED) is 0.744. The van der Waals surface area contributed by atoms with E-state index in [1.807, 2.05) is 6.20 Å². The van der Waals surface area contributed by atoms with E-state index in [0.717, 1.165) is 36.7 Å². The molecule has 4 rings (SSSR count). The largest absolute Gasteiger partial charge is 0.336 e. The number of hydrogen-bond acceptors (Lipinski definition) is 5. The van der Waals surface area contributed by atoms with Gasteiger partial charge in [0.15, 0.2) is 6.19 Å². The standard InChI is InChI=1S/C16H15N5/c17-11-20-8-14-7-18-16(19-15(14)10-20)21-6-5-12-3-1-2-4-13(12)9-21/h1-4,7H,5-6,8-10H2. The third-order valence-corrected chi connectivity index (χ3v) is 4.20. The number of nitriles is 1. The predicted molar refractivity (Wildman–Crippen MR) is 78.1 cm³/mol. The van der Waals surface area contributed by atoms with Crippen LogP contribution in [-0.2, 0) is 26.1 Å². The highest BCUT2D eigenvalue weighted by atomic mass is 15.3. The molecule has 2 aliphatic heterocycles. The van der Waals surface area contributed by atoms with E-state index >= 15 is 0 Å². The van der Waals surface area contributed by atoms with Gasteiger partial charge in [0.25, 0.3) is 0 Å². The topological polar surface area (TPSA) is 56.1 Å². The Morgan fingerprint density at radius 1 is 1.05 bits per heavy atom. The lowest BCUT2D eigenvalue weighted by atomic mass is 10.0. The number of anilines is 1. The van der Waals surface area contributed by atoms with Gasteiger partial charge in [0.2, 0.25) is 5.95 Å². The highest BCUT2D eigenvalue weighted by Crippen LogP contribution is 2.25. The van der Waals surface area contributed by atoms with Crippen molar-refractivity contribution in [3.05, 3.63) is 52.8 Å². The van der Waals surface area contributed by atoms with Gasteiger partial charge in [-0.3, -0.25) is 0 Å². The van der Waals surface area contributed by atoms with Gasteiger partial charge in [-0.15, -0.1) is 0 Å². The van der Waals surface area contributed by atoms with E-state index in [1.54, 1.807) is 4.90 Å². The first-order chi connectivity index (χ1) is 10.3. The van der Waals surface area contributed by atoms with E-state index in [1.165, 1.54) is 11.1 Å². The summed E-state index contributed by atoms with van der Waals surface area (Å²) < 4.78 is 0. The van der Waals surface area contributed by atoms with Crippen molar-refractivity contribution in [2.24, 2.45) is 0 Å². The summed E-state index contributed by atoms with van der Waals surface area (Å²) in [7, 11) is 0. The van der Waals surface area contributed by atoms with E-state index in [-0.39, 0.29) is 0 Å². The molecule has 0 N–H and O–H groups in total. The molecule has 0 bridgehead atoms. The lowest BCUT2D eigenvalue weighted by molar-refractivity contribution is 0.415. The molecule has 0 aliphatic carbocycles. The summed E-state index contributed by atoms with van der Waals surface area (Å²) in [5.41, 5.74) is 4.83. The molecular weight excluding hydrogens is 262 g/mol. The van der Waals surface area contributed by atoms with Crippen LogP contribution in [0.1, 0.15) is 22.4 Å². The van der Waals surface area contributed by atoms with Crippen LogP contribution in [-0.4, -0.2) is 21.4 Å². The molecule has 0 amide bonds. The van der Waals surface area contributed by atoms with Crippen LogP contribution in [0, 0.1) is 11.5 Å². The van der Waals surface area contributed by atoms with Gasteiger partial charge in [-0.25, -0.2) is 9.97 Å². The minimum Gasteiger partial charge on any atom is -0.336 e. The molecule has 0 fully saturated rings. The van der Waals surface area contributed by atoms with Crippen LogP contribution in [0.15, 0.2) is 30.5 Å². The SMILES string of the molecule is N#CN1Cc2cnc(N3CCc4ccccc4C3)nc2C1. The lowest BCUT2D eigenvalue weighted by Crippen LogP contribution is -2.31. The Labute approximate surface area is 123 Å². The second-order valence-corrected chi connectivity index (χ2v) is 5.54. The highest BCUT2D eigenvalue weighted by molar-refractivity contribution is 5.41. The van der Waals surface area contributed by atoms with Crippen LogP contribution in [0.4, 0.5) is 5.95 Å². The summed E-state index contributed by atoms with van der Waals surface area (Å²) in [5.74, 6) is 0.781. The van der Waals surface area contributed by atoms with E-state index < -0.39 is 0 Å². The second-order valence-electron chi connectivity index (χ2n) is 5.54. The van der Waals surface area contributed by atoms with E-state index in [2.05, 4.69) is 45.3 Å². The first kappa shape index (κ1) is 12.2. The molecule has 0 radical (unpaired) electrons. The zero-order valence-electron chi connectivity index (χ0n) is 11.7. The third kappa shape index (κ3) is 2.09. The Balaban J connectivity index is 1.61. The molecule has 2 aliphatic rings. The molecule has 5 nitrogen and oxygen atoms in total. The molecule has 0 unspecified atom stereocenters. The van der Waals surface area contributed by atoms with Crippen LogP contribution in [0.3, 0.4) is 0 Å². The molecule has 3 heterocycles. The Bertz CT molecular complexity index is 734. The molecule has 0 spiro atoms. The van der Waals surface area contributed by atoms with Crippen molar-refractivity contribution in [2.75, 3.05) is 11.4 Å². The Morgan fingerprint density at radius 3 is 2.76 bits per heavy atom. The highest BCUT2D eigenvalue weighted by Gasteiger charge is 2.23. The molecule has 2 aromatic rings. The first-order valence-corrected chi connectivity index (χ1v) is 7.14. The Hall–Kier alpha value is -2.61. The fourth-order valence-electron chi connectivity index (χ4n) is 3.03. The summed E-state index contributed by atoms with van der Waals surface area (Å²) in [6, 6.07) is 8.54. The first-order valence-electron chi connectivity index (χ1n) is 7.14. The van der Waals surface area contributed by atoms with Gasteiger partial charge in [0.05, 0.1) is 18.8 Å². The maximum atomic E-state index is 8.98. The van der Waals surface area contributed by atoms with Crippen LogP contribution in [0.25, 0.3) is 0 Å². The van der Waals surface area contributed by atoms with Crippen LogP contribution in [0.5, 0.6) is 0 Å². The van der Waals surface area contributed by atoms with Crippen LogP contribution in [0.2, 0.25) is 0 Å². The van der Waals surface area contributed by atoms with Crippen molar-refractivity contribution >= 4 is 5.95 Å². The van der Waals surface area contributed by atoms with Gasteiger partial charge in [-0.2, -0.15) is 5.26 Å². The van der Waals surface area contributed by atoms with Crippen LogP contribution >= 0.6 is 0 Å². The van der Waals surface area contributed by atoms with Crippen molar-refractivity contribution in [3.63, 3.8) is 0 Å². The third-order valence-electron chi connectivity index (χ3n) is 4.20. The van der Waals surface area contributed by atoms with Gasteiger partial charge in [0, 0.05) is 24.8 Å². The van der Waals surface area contributed by atoms with Gasteiger partial charge in [0.1, 0.15) is 0 Å². The zero-order chi connectivity index (χ0) is 14.2. The molecule has 21 heavy (non-hydrogen) atoms. The Kier molecular flexibility index (Phi) is 2.74. The monoisotopic (exact) mass is 277 g/mol. The summed E-state index contributed by atoms with van der Waals surface area (Å²) >= 11 is 0. The van der Waals surface area contributed by atoms with Gasteiger partial charge < -0.3 is 9.80 Å². The molecule has 0 saturated carbocycles. The molecule has 0 saturated heterocycles. The maximum absolute atomic E-state index is 8.98. The average molecular weight is 277 g/mol. The number of rotatable bonds is 1. The van der Waals surface area contributed by atoms with Gasteiger partial charge in [-0.1, -0.05) is 24.3 Å². The van der Waals surface area contributed by atoms with E-state index in [0.29, 0.717) is 13.1 Å². The maximum Gasteiger partial charge on any atom is 0.225 e. The average Bonchev–Trinajstić information content (AvgIpc) is 2.96. The minimum atomic E-state index is 0.603. The van der Waals surface area contributed by atoms with Crippen molar-refractivity contribution in [1.82, 2.24) is 14.9 Å². The number of aromatic nitrogens is 2. The van der Waals surface area contributed by atoms with Crippen molar-refractivity contribution in [2.45, 2.75) is 26.1 Å². The van der Waals surface area contributed by atoms with Gasteiger partial charge in [-0.05, 0) is 17.5 Å². The molecule has 1 aromatic carbocycles. The number of nitrogens with zero attached hydrogens (tertiary/aromatic N) is 5. The summed E-state index contributed by atoms with van der Waals surface area (Å²) in [6.45, 7) is 3.04. The summed E-state index contributed by atoms with van der Waals surface area (Å²) in [6.07, 6.45) is 5.07. The summed E-state index contributed by atoms with van der Waals surface area (Å²) in [5, 5.41) is 8.98. The lowest BCUT2D eigenvalue weighted by Gasteiger charge is -2.28. The summed E-state index contributed by atoms with van der Waals surface area (Å²) in [4.78, 5) is 13.1. The predicted octanol–water partition coefficient (Wildman–Crippen LogP) is 1.84. The van der Waals surface area contributed by atoms with Crippen LogP contribution < -0.4 is 4.90 Å². The number of fused-ring (bicyclic) bond motifs is 2. The van der Waals surface area contributed by atoms with Crippen molar-refractivity contribution < 1.29 is 0 Å². The fraction of sp³-hybridized carbons (Fsp3) is 0.312. The molecule has 0 atom stereocenters. The smallest absolute Gasteiger partial charge is 0.225 e. The van der Waals surface area contributed by atoms with Crippen molar-refractivity contribution in [1.29, 1.82) is 5.26 Å². The Morgan fingerprint density at radius 2 is 1.90 bits per heavy atom. The molecule has 104 valence electrons. The second kappa shape index (κ2) is 4.74. The van der Waals surface area contributed by atoms with Crippen molar-refractivity contribution in [3.8, 4) is 6.19 Å².